The molecular weight excluding hydrogens is 444 g/mol. The van der Waals surface area contributed by atoms with Crippen LogP contribution in [0.3, 0.4) is 0 Å². The fourth-order valence-corrected chi connectivity index (χ4v) is 4.06. The molecule has 7 heteroatoms. The lowest BCUT2D eigenvalue weighted by molar-refractivity contribution is -0.123. The lowest BCUT2D eigenvalue weighted by atomic mass is 10.1. The third kappa shape index (κ3) is 4.74. The van der Waals surface area contributed by atoms with Crippen molar-refractivity contribution in [3.8, 4) is 0 Å². The lowest BCUT2D eigenvalue weighted by Gasteiger charge is -2.34. The molecule has 3 aromatic rings. The molecule has 156 valence electrons. The number of halogens is 1. The summed E-state index contributed by atoms with van der Waals surface area (Å²) in [6, 6.07) is 17.7. The number of fused-ring (bicyclic) bond motifs is 1. The van der Waals surface area contributed by atoms with E-state index >= 15 is 0 Å². The van der Waals surface area contributed by atoms with Crippen LogP contribution in [0, 0.1) is 0 Å². The van der Waals surface area contributed by atoms with Gasteiger partial charge in [-0.2, -0.15) is 0 Å². The number of H-pyrrole nitrogens is 1. The van der Waals surface area contributed by atoms with Gasteiger partial charge in [-0.1, -0.05) is 46.3 Å². The van der Waals surface area contributed by atoms with Crippen molar-refractivity contribution >= 4 is 38.6 Å². The largest absolute Gasteiger partial charge is 0.351 e. The van der Waals surface area contributed by atoms with Crippen LogP contribution in [0.4, 0.5) is 0 Å². The Labute approximate surface area is 184 Å². The normalized spacial score (nSPS) is 15.9. The summed E-state index contributed by atoms with van der Waals surface area (Å²) in [5.74, 6) is 0.0139. The molecule has 0 radical (unpaired) electrons. The molecule has 6 nitrogen and oxygen atoms in total. The number of rotatable bonds is 5. The van der Waals surface area contributed by atoms with E-state index in [1.165, 1.54) is 0 Å². The number of carbonyl (C=O) groups excluding carboxylic acids is 2. The van der Waals surface area contributed by atoms with E-state index in [4.69, 9.17) is 0 Å². The van der Waals surface area contributed by atoms with Gasteiger partial charge in [0.1, 0.15) is 5.69 Å². The predicted molar refractivity (Wildman–Crippen MR) is 121 cm³/mol. The SMILES string of the molecule is CC(NC(=O)CN1CCN(C(=O)c2cc3ccccc3[nH]2)CC1)c1ccc(Br)cc1. The van der Waals surface area contributed by atoms with E-state index in [1.54, 1.807) is 0 Å². The molecular formula is C23H25BrN4O2. The molecule has 2 aromatic carbocycles. The maximum absolute atomic E-state index is 12.8. The van der Waals surface area contributed by atoms with Crippen LogP contribution in [0.15, 0.2) is 59.1 Å². The molecule has 1 unspecified atom stereocenters. The van der Waals surface area contributed by atoms with Crippen LogP contribution in [0.5, 0.6) is 0 Å². The van der Waals surface area contributed by atoms with Crippen LogP contribution in [0.1, 0.15) is 29.0 Å². The number of nitrogens with zero attached hydrogens (tertiary/aromatic N) is 2. The number of hydrogen-bond donors (Lipinski definition) is 2. The van der Waals surface area contributed by atoms with Crippen molar-refractivity contribution in [2.24, 2.45) is 0 Å². The van der Waals surface area contributed by atoms with Crippen molar-refractivity contribution in [3.05, 3.63) is 70.3 Å². The quantitative estimate of drug-likeness (QED) is 0.601. The molecule has 0 bridgehead atoms. The number of carbonyl (C=O) groups is 2. The molecule has 1 aliphatic heterocycles. The van der Waals surface area contributed by atoms with Gasteiger partial charge < -0.3 is 15.2 Å². The number of nitrogens with one attached hydrogen (secondary N) is 2. The van der Waals surface area contributed by atoms with Gasteiger partial charge in [-0.3, -0.25) is 14.5 Å². The van der Waals surface area contributed by atoms with E-state index in [0.717, 1.165) is 20.9 Å². The number of benzene rings is 2. The van der Waals surface area contributed by atoms with Gasteiger partial charge in [0.15, 0.2) is 0 Å². The Balaban J connectivity index is 1.27. The smallest absolute Gasteiger partial charge is 0.270 e. The number of aromatic nitrogens is 1. The summed E-state index contributed by atoms with van der Waals surface area (Å²) in [7, 11) is 0. The zero-order chi connectivity index (χ0) is 21.1. The second kappa shape index (κ2) is 9.02. The first-order valence-electron chi connectivity index (χ1n) is 10.1. The monoisotopic (exact) mass is 468 g/mol. The molecule has 0 aliphatic carbocycles. The Bertz CT molecular complexity index is 1010. The van der Waals surface area contributed by atoms with Crippen molar-refractivity contribution in [2.45, 2.75) is 13.0 Å². The summed E-state index contributed by atoms with van der Waals surface area (Å²) in [4.78, 5) is 32.4. The second-order valence-electron chi connectivity index (χ2n) is 7.68. The van der Waals surface area contributed by atoms with Crippen LogP contribution in [-0.4, -0.2) is 59.3 Å². The zero-order valence-corrected chi connectivity index (χ0v) is 18.5. The fourth-order valence-electron chi connectivity index (χ4n) is 3.79. The highest BCUT2D eigenvalue weighted by atomic mass is 79.9. The van der Waals surface area contributed by atoms with E-state index in [-0.39, 0.29) is 17.9 Å². The van der Waals surface area contributed by atoms with Gasteiger partial charge >= 0.3 is 0 Å². The minimum absolute atomic E-state index is 0.000753. The molecule has 1 aromatic heterocycles. The minimum atomic E-state index is -0.0459. The average Bonchev–Trinajstić information content (AvgIpc) is 3.18. The Kier molecular flexibility index (Phi) is 6.20. The average molecular weight is 469 g/mol. The van der Waals surface area contributed by atoms with Crippen LogP contribution < -0.4 is 5.32 Å². The molecule has 2 heterocycles. The summed E-state index contributed by atoms with van der Waals surface area (Å²) in [6.45, 7) is 4.93. The van der Waals surface area contributed by atoms with Crippen LogP contribution in [0.25, 0.3) is 10.9 Å². The first-order chi connectivity index (χ1) is 14.5. The third-order valence-electron chi connectivity index (χ3n) is 5.53. The molecule has 4 rings (SSSR count). The van der Waals surface area contributed by atoms with Gasteiger partial charge in [0.2, 0.25) is 5.91 Å². The van der Waals surface area contributed by atoms with E-state index < -0.39 is 0 Å². The first-order valence-corrected chi connectivity index (χ1v) is 10.9. The topological polar surface area (TPSA) is 68.4 Å². The van der Waals surface area contributed by atoms with Gasteiger partial charge in [-0.25, -0.2) is 0 Å². The fraction of sp³-hybridized carbons (Fsp3) is 0.304. The molecule has 1 saturated heterocycles. The molecule has 30 heavy (non-hydrogen) atoms. The molecule has 2 amide bonds. The van der Waals surface area contributed by atoms with Gasteiger partial charge in [0, 0.05) is 41.6 Å². The Morgan fingerprint density at radius 3 is 2.47 bits per heavy atom. The highest BCUT2D eigenvalue weighted by Crippen LogP contribution is 2.18. The molecule has 1 fully saturated rings. The number of amides is 2. The van der Waals surface area contributed by atoms with Crippen molar-refractivity contribution in [1.29, 1.82) is 0 Å². The number of aromatic amines is 1. The molecule has 2 N–H and O–H groups in total. The summed E-state index contributed by atoms with van der Waals surface area (Å²) < 4.78 is 1.02. The van der Waals surface area contributed by atoms with Crippen LogP contribution in [0.2, 0.25) is 0 Å². The van der Waals surface area contributed by atoms with Crippen LogP contribution in [-0.2, 0) is 4.79 Å². The maximum Gasteiger partial charge on any atom is 0.270 e. The second-order valence-corrected chi connectivity index (χ2v) is 8.60. The summed E-state index contributed by atoms with van der Waals surface area (Å²) in [6.07, 6.45) is 0. The lowest BCUT2D eigenvalue weighted by Crippen LogP contribution is -2.51. The van der Waals surface area contributed by atoms with E-state index in [9.17, 15) is 9.59 Å². The van der Waals surface area contributed by atoms with Crippen molar-refractivity contribution in [3.63, 3.8) is 0 Å². The van der Waals surface area contributed by atoms with Gasteiger partial charge in [0.25, 0.3) is 5.91 Å². The Morgan fingerprint density at radius 2 is 1.77 bits per heavy atom. The molecule has 1 atom stereocenters. The molecule has 0 saturated carbocycles. The molecule has 0 spiro atoms. The summed E-state index contributed by atoms with van der Waals surface area (Å²) >= 11 is 3.43. The minimum Gasteiger partial charge on any atom is -0.351 e. The van der Waals surface area contributed by atoms with E-state index in [0.29, 0.717) is 38.4 Å². The van der Waals surface area contributed by atoms with Crippen molar-refractivity contribution in [1.82, 2.24) is 20.1 Å². The first kappa shape index (κ1) is 20.6. The van der Waals surface area contributed by atoms with Crippen molar-refractivity contribution in [2.75, 3.05) is 32.7 Å². The van der Waals surface area contributed by atoms with Gasteiger partial charge in [-0.15, -0.1) is 0 Å². The number of piperazine rings is 1. The standard InChI is InChI=1S/C23H25BrN4O2/c1-16(17-6-8-19(24)9-7-17)25-22(29)15-27-10-12-28(13-11-27)23(30)21-14-18-4-2-3-5-20(18)26-21/h2-9,14,16,26H,10-13,15H2,1H3,(H,25,29). The third-order valence-corrected chi connectivity index (χ3v) is 6.06. The zero-order valence-electron chi connectivity index (χ0n) is 16.9. The summed E-state index contributed by atoms with van der Waals surface area (Å²) in [5.41, 5.74) is 2.65. The number of hydrogen-bond acceptors (Lipinski definition) is 3. The van der Waals surface area contributed by atoms with Gasteiger partial charge in [0.05, 0.1) is 12.6 Å². The predicted octanol–water partition coefficient (Wildman–Crippen LogP) is 3.57. The van der Waals surface area contributed by atoms with E-state index in [1.807, 2.05) is 66.4 Å². The highest BCUT2D eigenvalue weighted by molar-refractivity contribution is 9.10. The Hall–Kier alpha value is -2.64. The van der Waals surface area contributed by atoms with Gasteiger partial charge in [-0.05, 0) is 36.8 Å². The summed E-state index contributed by atoms with van der Waals surface area (Å²) in [5, 5.41) is 4.09. The number of para-hydroxylation sites is 1. The van der Waals surface area contributed by atoms with Crippen molar-refractivity contribution < 1.29 is 9.59 Å². The molecule has 1 aliphatic rings. The Morgan fingerprint density at radius 1 is 1.07 bits per heavy atom. The van der Waals surface area contributed by atoms with E-state index in [2.05, 4.69) is 31.1 Å². The maximum atomic E-state index is 12.8. The highest BCUT2D eigenvalue weighted by Gasteiger charge is 2.24. The van der Waals surface area contributed by atoms with Crippen LogP contribution >= 0.6 is 15.9 Å².